The fraction of sp³-hybridized carbons (Fsp3) is 0.455. The first-order valence-corrected chi connectivity index (χ1v) is 5.65. The third kappa shape index (κ3) is 4.77. The number of hydrogen-bond acceptors (Lipinski definition) is 5. The maximum Gasteiger partial charge on any atom is 0.310 e. The summed E-state index contributed by atoms with van der Waals surface area (Å²) in [6.45, 7) is 0.574. The van der Waals surface area contributed by atoms with Crippen LogP contribution in [0.4, 0.5) is 11.4 Å². The Hall–Kier alpha value is -2.18. The first kappa shape index (κ1) is 13.9. The van der Waals surface area contributed by atoms with E-state index in [1.165, 1.54) is 12.4 Å². The summed E-state index contributed by atoms with van der Waals surface area (Å²) in [5.41, 5.74) is 0.385. The second-order valence-electron chi connectivity index (χ2n) is 3.78. The van der Waals surface area contributed by atoms with Crippen molar-refractivity contribution in [3.05, 3.63) is 28.6 Å². The molecule has 0 atom stereocenters. The number of aliphatic carboxylic acids is 1. The molecule has 0 aliphatic rings. The SMILES string of the molecule is O=C(O)CCCCCNc1ccncc1[N+](=O)[O-]. The molecule has 0 saturated carbocycles. The summed E-state index contributed by atoms with van der Waals surface area (Å²) in [6.07, 6.45) is 5.02. The van der Waals surface area contributed by atoms with Crippen LogP contribution in [0, 0.1) is 10.1 Å². The molecule has 0 aromatic carbocycles. The van der Waals surface area contributed by atoms with Crippen LogP contribution in [0.1, 0.15) is 25.7 Å². The molecule has 0 spiro atoms. The fourth-order valence-electron chi connectivity index (χ4n) is 1.48. The molecule has 2 N–H and O–H groups in total. The molecule has 0 aliphatic heterocycles. The standard InChI is InChI=1S/C11H15N3O4/c15-11(16)4-2-1-3-6-13-9-5-7-12-8-10(9)14(17)18/h5,7-8H,1-4,6H2,(H,12,13)(H,15,16). The summed E-state index contributed by atoms with van der Waals surface area (Å²) in [6, 6.07) is 1.55. The Morgan fingerprint density at radius 2 is 2.22 bits per heavy atom. The van der Waals surface area contributed by atoms with E-state index in [2.05, 4.69) is 10.3 Å². The quantitative estimate of drug-likeness (QED) is 0.417. The van der Waals surface area contributed by atoms with Gasteiger partial charge in [0.05, 0.1) is 4.92 Å². The summed E-state index contributed by atoms with van der Waals surface area (Å²) >= 11 is 0. The molecule has 0 radical (unpaired) electrons. The minimum Gasteiger partial charge on any atom is -0.481 e. The molecule has 18 heavy (non-hydrogen) atoms. The van der Waals surface area contributed by atoms with Crippen molar-refractivity contribution in [3.63, 3.8) is 0 Å². The van der Waals surface area contributed by atoms with Crippen molar-refractivity contribution in [1.82, 2.24) is 4.98 Å². The van der Waals surface area contributed by atoms with E-state index in [9.17, 15) is 14.9 Å². The molecular formula is C11H15N3O4. The van der Waals surface area contributed by atoms with Gasteiger partial charge >= 0.3 is 11.7 Å². The van der Waals surface area contributed by atoms with Crippen molar-refractivity contribution in [3.8, 4) is 0 Å². The van der Waals surface area contributed by atoms with Gasteiger partial charge in [0, 0.05) is 19.2 Å². The van der Waals surface area contributed by atoms with Crippen LogP contribution >= 0.6 is 0 Å². The van der Waals surface area contributed by atoms with Crippen LogP contribution in [0.15, 0.2) is 18.5 Å². The number of nitrogens with zero attached hydrogens (tertiary/aromatic N) is 2. The molecule has 0 fully saturated rings. The number of nitro groups is 1. The molecule has 0 bridgehead atoms. The zero-order valence-electron chi connectivity index (χ0n) is 9.83. The lowest BCUT2D eigenvalue weighted by Gasteiger charge is -2.05. The molecule has 98 valence electrons. The highest BCUT2D eigenvalue weighted by molar-refractivity contribution is 5.66. The van der Waals surface area contributed by atoms with Gasteiger partial charge in [0.25, 0.3) is 0 Å². The molecule has 0 aliphatic carbocycles. The van der Waals surface area contributed by atoms with E-state index < -0.39 is 10.9 Å². The Kier molecular flexibility index (Phi) is 5.56. The van der Waals surface area contributed by atoms with E-state index in [0.29, 0.717) is 18.7 Å². The second kappa shape index (κ2) is 7.21. The molecule has 7 nitrogen and oxygen atoms in total. The highest BCUT2D eigenvalue weighted by atomic mass is 16.6. The number of rotatable bonds is 8. The number of anilines is 1. The first-order valence-electron chi connectivity index (χ1n) is 5.65. The Balaban J connectivity index is 2.31. The van der Waals surface area contributed by atoms with Crippen LogP contribution in [0.25, 0.3) is 0 Å². The van der Waals surface area contributed by atoms with Crippen molar-refractivity contribution in [2.45, 2.75) is 25.7 Å². The Morgan fingerprint density at radius 1 is 1.44 bits per heavy atom. The van der Waals surface area contributed by atoms with Gasteiger partial charge in [-0.25, -0.2) is 0 Å². The Bertz CT molecular complexity index is 423. The van der Waals surface area contributed by atoms with E-state index in [1.54, 1.807) is 6.07 Å². The molecule has 1 heterocycles. The number of aromatic nitrogens is 1. The van der Waals surface area contributed by atoms with Gasteiger partial charge in [-0.3, -0.25) is 19.9 Å². The lowest BCUT2D eigenvalue weighted by atomic mass is 10.2. The van der Waals surface area contributed by atoms with E-state index in [1.807, 2.05) is 0 Å². The predicted molar refractivity (Wildman–Crippen MR) is 65.5 cm³/mol. The average Bonchev–Trinajstić information content (AvgIpc) is 2.33. The highest BCUT2D eigenvalue weighted by Crippen LogP contribution is 2.21. The minimum atomic E-state index is -0.798. The summed E-state index contributed by atoms with van der Waals surface area (Å²) in [4.78, 5) is 24.2. The molecule has 1 aromatic rings. The molecule has 0 amide bonds. The van der Waals surface area contributed by atoms with Crippen molar-refractivity contribution < 1.29 is 14.8 Å². The van der Waals surface area contributed by atoms with E-state index in [4.69, 9.17) is 5.11 Å². The van der Waals surface area contributed by atoms with Crippen molar-refractivity contribution in [1.29, 1.82) is 0 Å². The Labute approximate surface area is 104 Å². The number of carboxylic acids is 1. The summed E-state index contributed by atoms with van der Waals surface area (Å²) in [5, 5.41) is 22.1. The van der Waals surface area contributed by atoms with Crippen molar-refractivity contribution in [2.24, 2.45) is 0 Å². The molecule has 0 unspecified atom stereocenters. The third-order valence-electron chi connectivity index (χ3n) is 2.38. The number of nitrogens with one attached hydrogen (secondary N) is 1. The number of carbonyl (C=O) groups is 1. The molecular weight excluding hydrogens is 238 g/mol. The van der Waals surface area contributed by atoms with Gasteiger partial charge in [-0.05, 0) is 18.9 Å². The molecule has 0 saturated heterocycles. The van der Waals surface area contributed by atoms with Gasteiger partial charge < -0.3 is 10.4 Å². The zero-order chi connectivity index (χ0) is 13.4. The van der Waals surface area contributed by atoms with Crippen LogP contribution in [0.3, 0.4) is 0 Å². The number of pyridine rings is 1. The highest BCUT2D eigenvalue weighted by Gasteiger charge is 2.12. The van der Waals surface area contributed by atoms with Crippen LogP contribution < -0.4 is 5.32 Å². The summed E-state index contributed by atoms with van der Waals surface area (Å²) < 4.78 is 0. The molecule has 7 heteroatoms. The third-order valence-corrected chi connectivity index (χ3v) is 2.38. The van der Waals surface area contributed by atoms with Gasteiger partial charge in [0.15, 0.2) is 0 Å². The van der Waals surface area contributed by atoms with Gasteiger partial charge in [0.2, 0.25) is 0 Å². The predicted octanol–water partition coefficient (Wildman–Crippen LogP) is 2.05. The smallest absolute Gasteiger partial charge is 0.310 e. The molecule has 1 aromatic heterocycles. The fourth-order valence-corrected chi connectivity index (χ4v) is 1.48. The van der Waals surface area contributed by atoms with Crippen LogP contribution in [-0.2, 0) is 4.79 Å². The largest absolute Gasteiger partial charge is 0.481 e. The summed E-state index contributed by atoms with van der Waals surface area (Å²) in [5.74, 6) is -0.798. The zero-order valence-corrected chi connectivity index (χ0v) is 9.83. The number of unbranched alkanes of at least 4 members (excludes halogenated alkanes) is 2. The van der Waals surface area contributed by atoms with Gasteiger partial charge in [0.1, 0.15) is 11.9 Å². The maximum atomic E-state index is 10.7. The normalized spacial score (nSPS) is 10.0. The lowest BCUT2D eigenvalue weighted by molar-refractivity contribution is -0.384. The van der Waals surface area contributed by atoms with E-state index in [0.717, 1.165) is 12.8 Å². The van der Waals surface area contributed by atoms with E-state index >= 15 is 0 Å². The maximum absolute atomic E-state index is 10.7. The lowest BCUT2D eigenvalue weighted by Crippen LogP contribution is -2.05. The van der Waals surface area contributed by atoms with E-state index in [-0.39, 0.29) is 12.1 Å². The molecule has 1 rings (SSSR count). The first-order chi connectivity index (χ1) is 8.61. The van der Waals surface area contributed by atoms with Crippen molar-refractivity contribution in [2.75, 3.05) is 11.9 Å². The van der Waals surface area contributed by atoms with Gasteiger partial charge in [-0.2, -0.15) is 0 Å². The Morgan fingerprint density at radius 3 is 2.89 bits per heavy atom. The van der Waals surface area contributed by atoms with Crippen LogP contribution in [0.2, 0.25) is 0 Å². The second-order valence-corrected chi connectivity index (χ2v) is 3.78. The van der Waals surface area contributed by atoms with Crippen molar-refractivity contribution >= 4 is 17.3 Å². The topological polar surface area (TPSA) is 105 Å². The van der Waals surface area contributed by atoms with Crippen LogP contribution in [-0.4, -0.2) is 27.5 Å². The van der Waals surface area contributed by atoms with Gasteiger partial charge in [-0.15, -0.1) is 0 Å². The number of carboxylic acid groups (broad SMARTS) is 1. The summed E-state index contributed by atoms with van der Waals surface area (Å²) in [7, 11) is 0. The van der Waals surface area contributed by atoms with Gasteiger partial charge in [-0.1, -0.05) is 6.42 Å². The van der Waals surface area contributed by atoms with Crippen LogP contribution in [0.5, 0.6) is 0 Å². The average molecular weight is 253 g/mol. The number of hydrogen-bond donors (Lipinski definition) is 2. The monoisotopic (exact) mass is 253 g/mol. The minimum absolute atomic E-state index is 0.0527.